The summed E-state index contributed by atoms with van der Waals surface area (Å²) < 4.78 is 20.0. The fourth-order valence-corrected chi connectivity index (χ4v) is 5.42. The summed E-state index contributed by atoms with van der Waals surface area (Å²) in [6.45, 7) is 2.12. The van der Waals surface area contributed by atoms with E-state index in [2.05, 4.69) is 41.9 Å². The van der Waals surface area contributed by atoms with Gasteiger partial charge < -0.3 is 13.9 Å². The van der Waals surface area contributed by atoms with Gasteiger partial charge in [-0.05, 0) is 81.2 Å². The Morgan fingerprint density at radius 1 is 1.11 bits per heavy atom. The minimum Gasteiger partial charge on any atom is -0.490 e. The number of para-hydroxylation sites is 1. The van der Waals surface area contributed by atoms with Gasteiger partial charge in [0.25, 0.3) is 11.2 Å². The van der Waals surface area contributed by atoms with E-state index in [4.69, 9.17) is 30.5 Å². The molecule has 3 aromatic heterocycles. The number of aromatic nitrogens is 3. The van der Waals surface area contributed by atoms with E-state index in [9.17, 15) is 14.9 Å². The molecule has 0 aliphatic heterocycles. The van der Waals surface area contributed by atoms with Gasteiger partial charge in [0, 0.05) is 32.6 Å². The molecule has 6 aromatic rings. The van der Waals surface area contributed by atoms with Crippen LogP contribution in [-0.2, 0) is 0 Å². The van der Waals surface area contributed by atoms with Crippen molar-refractivity contribution < 1.29 is 18.8 Å². The summed E-state index contributed by atoms with van der Waals surface area (Å²) in [7, 11) is 0. The molecule has 0 spiro atoms. The van der Waals surface area contributed by atoms with Crippen molar-refractivity contribution in [2.75, 3.05) is 6.61 Å². The second-order valence-electron chi connectivity index (χ2n) is 9.17. The number of rotatable bonds is 8. The average Bonchev–Trinajstić information content (AvgIpc) is 3.44. The van der Waals surface area contributed by atoms with Crippen LogP contribution in [0.1, 0.15) is 12.5 Å². The van der Waals surface area contributed by atoms with Gasteiger partial charge >= 0.3 is 0 Å². The van der Waals surface area contributed by atoms with Crippen molar-refractivity contribution in [1.29, 1.82) is 0 Å². The smallest absolute Gasteiger partial charge is 0.287 e. The standard InChI is InChI=1S/C30H18Br2ClN5O6/c1-2-42-23-13-17(26(31)27(32)28(23)44-25-10-8-19(15-34-25)38(40)41)14-35-37-29(36-21-6-4-3-5-20(21)30(37)39)24-12-16-11-18(33)7-9-22(16)43-24/h3-15H,2H2,1H3. The number of hydrogen-bond acceptors (Lipinski definition) is 9. The molecule has 0 aliphatic rings. The molecule has 44 heavy (non-hydrogen) atoms. The molecule has 14 heteroatoms. The van der Waals surface area contributed by atoms with Gasteiger partial charge in [-0.25, -0.2) is 9.97 Å². The summed E-state index contributed by atoms with van der Waals surface area (Å²) in [5, 5.41) is 17.2. The Morgan fingerprint density at radius 3 is 2.68 bits per heavy atom. The Morgan fingerprint density at radius 2 is 1.93 bits per heavy atom. The van der Waals surface area contributed by atoms with E-state index in [1.165, 1.54) is 23.0 Å². The van der Waals surface area contributed by atoms with Gasteiger partial charge in [0.1, 0.15) is 11.8 Å². The summed E-state index contributed by atoms with van der Waals surface area (Å²) in [5.41, 5.74) is 1.03. The fourth-order valence-electron chi connectivity index (χ4n) is 4.34. The first-order chi connectivity index (χ1) is 21.2. The molecule has 0 fully saturated rings. The molecule has 0 bridgehead atoms. The lowest BCUT2D eigenvalue weighted by Crippen LogP contribution is -2.20. The van der Waals surface area contributed by atoms with Crippen LogP contribution in [0.25, 0.3) is 33.5 Å². The van der Waals surface area contributed by atoms with Crippen LogP contribution in [0.15, 0.2) is 96.2 Å². The summed E-state index contributed by atoms with van der Waals surface area (Å²) in [5.74, 6) is 1.26. The molecule has 0 radical (unpaired) electrons. The highest BCUT2D eigenvalue weighted by Crippen LogP contribution is 2.44. The van der Waals surface area contributed by atoms with Crippen LogP contribution >= 0.6 is 43.5 Å². The monoisotopic (exact) mass is 737 g/mol. The van der Waals surface area contributed by atoms with Crippen LogP contribution in [0.3, 0.4) is 0 Å². The predicted octanol–water partition coefficient (Wildman–Crippen LogP) is 8.36. The number of furan rings is 1. The van der Waals surface area contributed by atoms with Crippen LogP contribution < -0.4 is 15.0 Å². The highest BCUT2D eigenvalue weighted by atomic mass is 79.9. The Bertz CT molecular complexity index is 2170. The van der Waals surface area contributed by atoms with Crippen LogP contribution in [0, 0.1) is 10.1 Å². The van der Waals surface area contributed by atoms with Gasteiger partial charge in [-0.2, -0.15) is 9.78 Å². The molecular formula is C30H18Br2ClN5O6. The largest absolute Gasteiger partial charge is 0.490 e. The third kappa shape index (κ3) is 5.68. The molecule has 11 nitrogen and oxygen atoms in total. The molecule has 6 rings (SSSR count). The van der Waals surface area contributed by atoms with Crippen molar-refractivity contribution in [2.45, 2.75) is 6.92 Å². The highest BCUT2D eigenvalue weighted by molar-refractivity contribution is 9.13. The Kier molecular flexibility index (Phi) is 8.17. The number of fused-ring (bicyclic) bond motifs is 2. The molecule has 0 unspecified atom stereocenters. The average molecular weight is 740 g/mol. The SMILES string of the molecule is CCOc1cc(C=Nn2c(-c3cc4cc(Cl)ccc4o3)nc3ccccc3c2=O)c(Br)c(Br)c1Oc1ccc([N+](=O)[O-])cn1. The maximum Gasteiger partial charge on any atom is 0.287 e. The zero-order chi connectivity index (χ0) is 31.0. The van der Waals surface area contributed by atoms with E-state index in [1.807, 2.05) is 6.92 Å². The minimum atomic E-state index is -0.547. The summed E-state index contributed by atoms with van der Waals surface area (Å²) in [6, 6.07) is 18.3. The molecule has 0 saturated carbocycles. The Balaban J connectivity index is 1.45. The van der Waals surface area contributed by atoms with E-state index >= 15 is 0 Å². The zero-order valence-corrected chi connectivity index (χ0v) is 26.5. The van der Waals surface area contributed by atoms with E-state index < -0.39 is 10.5 Å². The fraction of sp³-hybridized carbons (Fsp3) is 0.0667. The Hall–Kier alpha value is -4.59. The molecular weight excluding hydrogens is 722 g/mol. The van der Waals surface area contributed by atoms with E-state index in [0.29, 0.717) is 54.1 Å². The first kappa shape index (κ1) is 29.5. The molecule has 0 atom stereocenters. The first-order valence-electron chi connectivity index (χ1n) is 12.9. The van der Waals surface area contributed by atoms with Gasteiger partial charge in [0.05, 0.1) is 33.1 Å². The molecule has 0 amide bonds. The number of nitrogens with zero attached hydrogens (tertiary/aromatic N) is 5. The molecule has 220 valence electrons. The lowest BCUT2D eigenvalue weighted by atomic mass is 10.2. The summed E-state index contributed by atoms with van der Waals surface area (Å²) in [4.78, 5) is 32.9. The number of ether oxygens (including phenoxy) is 2. The molecule has 3 aromatic carbocycles. The zero-order valence-electron chi connectivity index (χ0n) is 22.5. The predicted molar refractivity (Wildman–Crippen MR) is 173 cm³/mol. The number of pyridine rings is 1. The van der Waals surface area contributed by atoms with Gasteiger partial charge in [0.2, 0.25) is 11.7 Å². The number of nitro groups is 1. The quantitative estimate of drug-likeness (QED) is 0.0864. The second kappa shape index (κ2) is 12.2. The van der Waals surface area contributed by atoms with E-state index in [1.54, 1.807) is 54.6 Å². The number of benzene rings is 3. The second-order valence-corrected chi connectivity index (χ2v) is 11.2. The lowest BCUT2D eigenvalue weighted by Gasteiger charge is -2.15. The molecule has 0 N–H and O–H groups in total. The third-order valence-corrected chi connectivity index (χ3v) is 8.74. The number of hydrogen-bond donors (Lipinski definition) is 0. The topological polar surface area (TPSA) is 135 Å². The first-order valence-corrected chi connectivity index (χ1v) is 14.9. The van der Waals surface area contributed by atoms with Gasteiger partial charge in [-0.15, -0.1) is 0 Å². The molecule has 0 saturated heterocycles. The van der Waals surface area contributed by atoms with E-state index in [0.717, 1.165) is 11.6 Å². The van der Waals surface area contributed by atoms with Crippen molar-refractivity contribution in [1.82, 2.24) is 14.6 Å². The third-order valence-electron chi connectivity index (χ3n) is 6.36. The van der Waals surface area contributed by atoms with Crippen LogP contribution in [0.4, 0.5) is 5.69 Å². The highest BCUT2D eigenvalue weighted by Gasteiger charge is 2.20. The number of halogens is 3. The maximum atomic E-state index is 13.7. The van der Waals surface area contributed by atoms with Crippen molar-refractivity contribution in [3.05, 3.63) is 113 Å². The molecule has 3 heterocycles. The lowest BCUT2D eigenvalue weighted by molar-refractivity contribution is -0.385. The van der Waals surface area contributed by atoms with Crippen molar-refractivity contribution in [3.63, 3.8) is 0 Å². The van der Waals surface area contributed by atoms with Gasteiger partial charge in [0.15, 0.2) is 17.3 Å². The maximum absolute atomic E-state index is 13.7. The van der Waals surface area contributed by atoms with Crippen molar-refractivity contribution in [3.8, 4) is 29.0 Å². The van der Waals surface area contributed by atoms with Crippen LogP contribution in [0.2, 0.25) is 5.02 Å². The van der Waals surface area contributed by atoms with Crippen molar-refractivity contribution in [2.24, 2.45) is 5.10 Å². The normalized spacial score (nSPS) is 11.5. The van der Waals surface area contributed by atoms with Crippen molar-refractivity contribution >= 4 is 77.2 Å². The van der Waals surface area contributed by atoms with Crippen LogP contribution in [0.5, 0.6) is 17.4 Å². The van der Waals surface area contributed by atoms with E-state index in [-0.39, 0.29) is 23.1 Å². The summed E-state index contributed by atoms with van der Waals surface area (Å²) >= 11 is 13.3. The van der Waals surface area contributed by atoms with Gasteiger partial charge in [-0.3, -0.25) is 14.9 Å². The molecule has 0 aliphatic carbocycles. The van der Waals surface area contributed by atoms with Crippen LogP contribution in [-0.4, -0.2) is 32.4 Å². The minimum absolute atomic E-state index is 0.121. The Labute approximate surface area is 270 Å². The van der Waals surface area contributed by atoms with Gasteiger partial charge in [-0.1, -0.05) is 23.7 Å². The summed E-state index contributed by atoms with van der Waals surface area (Å²) in [6.07, 6.45) is 2.58.